The lowest BCUT2D eigenvalue weighted by atomic mass is 10.1. The average Bonchev–Trinajstić information content (AvgIpc) is 2.73. The van der Waals surface area contributed by atoms with Gasteiger partial charge in [-0.1, -0.05) is 36.4 Å². The summed E-state index contributed by atoms with van der Waals surface area (Å²) in [6.07, 6.45) is -0.545. The summed E-state index contributed by atoms with van der Waals surface area (Å²) < 4.78 is 19.0. The van der Waals surface area contributed by atoms with Crippen LogP contribution in [-0.4, -0.2) is 55.4 Å². The first-order valence-corrected chi connectivity index (χ1v) is 9.70. The molecule has 1 unspecified atom stereocenters. The number of rotatable bonds is 6. The fourth-order valence-electron chi connectivity index (χ4n) is 3.70. The van der Waals surface area contributed by atoms with Crippen LogP contribution in [0.1, 0.15) is 0 Å². The van der Waals surface area contributed by atoms with Crippen LogP contribution in [0.4, 0.5) is 10.1 Å². The fourth-order valence-corrected chi connectivity index (χ4v) is 3.70. The summed E-state index contributed by atoms with van der Waals surface area (Å²) in [5.74, 6) is 0.593. The molecule has 3 aromatic rings. The Morgan fingerprint density at radius 2 is 1.61 bits per heavy atom. The first-order chi connectivity index (χ1) is 13.7. The maximum absolute atomic E-state index is 13.1. The number of benzene rings is 3. The van der Waals surface area contributed by atoms with E-state index in [2.05, 4.69) is 21.9 Å². The molecule has 0 aromatic heterocycles. The number of hydrogen-bond acceptors (Lipinski definition) is 4. The SMILES string of the molecule is OC(COc1cccc2ccccc12)CN1CCN(c2ccc(F)cc2)CC1. The standard InChI is InChI=1S/C23H25FN2O2/c24-19-8-10-20(11-9-19)26-14-12-25(13-15-26)16-21(27)17-28-23-7-3-5-18-4-1-2-6-22(18)23/h1-11,21,27H,12-17H2. The normalized spacial score (nSPS) is 16.3. The number of fused-ring (bicyclic) bond motifs is 1. The number of β-amino-alcohol motifs (C(OH)–C–C–N with tert-alkyl or cyclic N) is 1. The van der Waals surface area contributed by atoms with Gasteiger partial charge in [0, 0.05) is 43.8 Å². The third-order valence-electron chi connectivity index (χ3n) is 5.21. The molecule has 1 heterocycles. The quantitative estimate of drug-likeness (QED) is 0.710. The van der Waals surface area contributed by atoms with Crippen LogP contribution in [-0.2, 0) is 0 Å². The highest BCUT2D eigenvalue weighted by atomic mass is 19.1. The monoisotopic (exact) mass is 380 g/mol. The molecule has 1 aliphatic rings. The van der Waals surface area contributed by atoms with Gasteiger partial charge in [0.05, 0.1) is 0 Å². The molecule has 1 aliphatic heterocycles. The highest BCUT2D eigenvalue weighted by Gasteiger charge is 2.20. The van der Waals surface area contributed by atoms with Gasteiger partial charge in [0.15, 0.2) is 0 Å². The summed E-state index contributed by atoms with van der Waals surface area (Å²) in [7, 11) is 0. The van der Waals surface area contributed by atoms with E-state index in [0.717, 1.165) is 48.4 Å². The van der Waals surface area contributed by atoms with Gasteiger partial charge in [-0.25, -0.2) is 4.39 Å². The molecule has 1 N–H and O–H groups in total. The lowest BCUT2D eigenvalue weighted by molar-refractivity contribution is 0.0668. The van der Waals surface area contributed by atoms with Gasteiger partial charge < -0.3 is 14.7 Å². The van der Waals surface area contributed by atoms with E-state index in [-0.39, 0.29) is 12.4 Å². The van der Waals surface area contributed by atoms with Crippen LogP contribution in [0, 0.1) is 5.82 Å². The predicted octanol–water partition coefficient (Wildman–Crippen LogP) is 3.54. The van der Waals surface area contributed by atoms with Crippen molar-refractivity contribution in [3.8, 4) is 5.75 Å². The van der Waals surface area contributed by atoms with Gasteiger partial charge in [-0.05, 0) is 35.7 Å². The molecule has 0 spiro atoms. The Labute approximate surface area is 164 Å². The van der Waals surface area contributed by atoms with E-state index in [0.29, 0.717) is 6.54 Å². The Morgan fingerprint density at radius 3 is 2.39 bits per heavy atom. The Kier molecular flexibility index (Phi) is 5.74. The number of piperazine rings is 1. The Morgan fingerprint density at radius 1 is 0.893 bits per heavy atom. The molecule has 5 heteroatoms. The summed E-state index contributed by atoms with van der Waals surface area (Å²) in [4.78, 5) is 4.49. The Balaban J connectivity index is 1.26. The second-order valence-electron chi connectivity index (χ2n) is 7.21. The molecule has 4 rings (SSSR count). The second kappa shape index (κ2) is 8.59. The van der Waals surface area contributed by atoms with Gasteiger partial charge in [0.2, 0.25) is 0 Å². The summed E-state index contributed by atoms with van der Waals surface area (Å²) >= 11 is 0. The molecular weight excluding hydrogens is 355 g/mol. The van der Waals surface area contributed by atoms with E-state index < -0.39 is 6.10 Å². The molecule has 0 radical (unpaired) electrons. The van der Waals surface area contributed by atoms with Crippen molar-refractivity contribution in [1.29, 1.82) is 0 Å². The average molecular weight is 380 g/mol. The molecular formula is C23H25FN2O2. The van der Waals surface area contributed by atoms with Crippen LogP contribution in [0.2, 0.25) is 0 Å². The third-order valence-corrected chi connectivity index (χ3v) is 5.21. The molecule has 0 aliphatic carbocycles. The van der Waals surface area contributed by atoms with Crippen molar-refractivity contribution in [1.82, 2.24) is 4.90 Å². The number of halogens is 1. The van der Waals surface area contributed by atoms with Crippen molar-refractivity contribution in [2.24, 2.45) is 0 Å². The zero-order valence-corrected chi connectivity index (χ0v) is 15.8. The third kappa shape index (κ3) is 4.43. The number of aliphatic hydroxyl groups excluding tert-OH is 1. The molecule has 0 saturated carbocycles. The molecule has 0 bridgehead atoms. The lowest BCUT2D eigenvalue weighted by Crippen LogP contribution is -2.49. The van der Waals surface area contributed by atoms with Gasteiger partial charge in [-0.15, -0.1) is 0 Å². The molecule has 1 fully saturated rings. The minimum Gasteiger partial charge on any atom is -0.490 e. The maximum atomic E-state index is 13.1. The van der Waals surface area contributed by atoms with Crippen LogP contribution in [0.3, 0.4) is 0 Å². The van der Waals surface area contributed by atoms with E-state index in [1.54, 1.807) is 0 Å². The second-order valence-corrected chi connectivity index (χ2v) is 7.21. The molecule has 28 heavy (non-hydrogen) atoms. The van der Waals surface area contributed by atoms with Crippen molar-refractivity contribution in [3.05, 3.63) is 72.5 Å². The Bertz CT molecular complexity index is 903. The zero-order chi connectivity index (χ0) is 19.3. The molecule has 146 valence electrons. The fraction of sp³-hybridized carbons (Fsp3) is 0.304. The van der Waals surface area contributed by atoms with E-state index in [1.807, 2.05) is 42.5 Å². The Hall–Kier alpha value is -2.63. The number of nitrogens with zero attached hydrogens (tertiary/aromatic N) is 2. The van der Waals surface area contributed by atoms with E-state index in [1.165, 1.54) is 12.1 Å². The highest BCUT2D eigenvalue weighted by Crippen LogP contribution is 2.25. The minimum absolute atomic E-state index is 0.211. The topological polar surface area (TPSA) is 35.9 Å². The van der Waals surface area contributed by atoms with Crippen molar-refractivity contribution in [2.45, 2.75) is 6.10 Å². The van der Waals surface area contributed by atoms with Crippen molar-refractivity contribution in [2.75, 3.05) is 44.2 Å². The molecule has 3 aromatic carbocycles. The summed E-state index contributed by atoms with van der Waals surface area (Å²) in [6.45, 7) is 4.31. The van der Waals surface area contributed by atoms with Gasteiger partial charge >= 0.3 is 0 Å². The van der Waals surface area contributed by atoms with E-state index in [9.17, 15) is 9.50 Å². The summed E-state index contributed by atoms with van der Waals surface area (Å²) in [5, 5.41) is 12.6. The number of anilines is 1. The predicted molar refractivity (Wildman–Crippen MR) is 111 cm³/mol. The first-order valence-electron chi connectivity index (χ1n) is 9.70. The van der Waals surface area contributed by atoms with Crippen molar-refractivity contribution >= 4 is 16.5 Å². The maximum Gasteiger partial charge on any atom is 0.127 e. The highest BCUT2D eigenvalue weighted by molar-refractivity contribution is 5.88. The van der Waals surface area contributed by atoms with Crippen LogP contribution in [0.15, 0.2) is 66.7 Å². The van der Waals surface area contributed by atoms with Gasteiger partial charge in [0.25, 0.3) is 0 Å². The van der Waals surface area contributed by atoms with Gasteiger partial charge in [-0.3, -0.25) is 4.90 Å². The first kappa shape index (κ1) is 18.7. The van der Waals surface area contributed by atoms with E-state index in [4.69, 9.17) is 4.74 Å². The molecule has 1 atom stereocenters. The smallest absolute Gasteiger partial charge is 0.127 e. The molecule has 4 nitrogen and oxygen atoms in total. The zero-order valence-electron chi connectivity index (χ0n) is 15.8. The number of hydrogen-bond donors (Lipinski definition) is 1. The van der Waals surface area contributed by atoms with Crippen LogP contribution < -0.4 is 9.64 Å². The summed E-state index contributed by atoms with van der Waals surface area (Å²) in [6, 6.07) is 20.7. The largest absolute Gasteiger partial charge is 0.490 e. The van der Waals surface area contributed by atoms with Crippen molar-refractivity contribution in [3.63, 3.8) is 0 Å². The number of aliphatic hydroxyl groups is 1. The molecule has 1 saturated heterocycles. The molecule has 0 amide bonds. The van der Waals surface area contributed by atoms with Gasteiger partial charge in [0.1, 0.15) is 24.3 Å². The van der Waals surface area contributed by atoms with Crippen LogP contribution in [0.5, 0.6) is 5.75 Å². The van der Waals surface area contributed by atoms with Gasteiger partial charge in [-0.2, -0.15) is 0 Å². The van der Waals surface area contributed by atoms with E-state index >= 15 is 0 Å². The van der Waals surface area contributed by atoms with Crippen LogP contribution >= 0.6 is 0 Å². The van der Waals surface area contributed by atoms with Crippen molar-refractivity contribution < 1.29 is 14.2 Å². The lowest BCUT2D eigenvalue weighted by Gasteiger charge is -2.36. The minimum atomic E-state index is -0.545. The van der Waals surface area contributed by atoms with Crippen LogP contribution in [0.25, 0.3) is 10.8 Å². The number of ether oxygens (including phenoxy) is 1. The summed E-state index contributed by atoms with van der Waals surface area (Å²) in [5.41, 5.74) is 1.04.